The first-order valence-electron chi connectivity index (χ1n) is 7.05. The number of hydrogen-bond donors (Lipinski definition) is 0. The molecule has 5 heteroatoms. The molecule has 0 bridgehead atoms. The number of hydrogen-bond acceptors (Lipinski definition) is 5. The molecule has 118 valence electrons. The van der Waals surface area contributed by atoms with Gasteiger partial charge < -0.3 is 18.6 Å². The zero-order valence-electron chi connectivity index (χ0n) is 13.2. The summed E-state index contributed by atoms with van der Waals surface area (Å²) in [4.78, 5) is 4.32. The second kappa shape index (κ2) is 6.44. The summed E-state index contributed by atoms with van der Waals surface area (Å²) in [5.41, 5.74) is 3.83. The van der Waals surface area contributed by atoms with Gasteiger partial charge in [-0.15, -0.1) is 0 Å². The van der Waals surface area contributed by atoms with Crippen molar-refractivity contribution in [1.82, 2.24) is 4.98 Å². The van der Waals surface area contributed by atoms with Crippen molar-refractivity contribution in [2.45, 2.75) is 0 Å². The number of methoxy groups -OCH3 is 3. The van der Waals surface area contributed by atoms with Gasteiger partial charge in [-0.3, -0.25) is 4.98 Å². The van der Waals surface area contributed by atoms with E-state index in [0.717, 1.165) is 22.3 Å². The lowest BCUT2D eigenvalue weighted by Gasteiger charge is -2.14. The monoisotopic (exact) mass is 311 g/mol. The van der Waals surface area contributed by atoms with Crippen LogP contribution in [0, 0.1) is 0 Å². The third-order valence-corrected chi connectivity index (χ3v) is 3.59. The molecule has 0 spiro atoms. The predicted octanol–water partition coefficient (Wildman–Crippen LogP) is 4.03. The molecule has 0 atom stereocenters. The van der Waals surface area contributed by atoms with Crippen LogP contribution in [0.5, 0.6) is 17.2 Å². The highest BCUT2D eigenvalue weighted by molar-refractivity contribution is 5.74. The summed E-state index contributed by atoms with van der Waals surface area (Å²) in [7, 11) is 4.78. The van der Waals surface area contributed by atoms with Crippen molar-refractivity contribution >= 4 is 0 Å². The van der Waals surface area contributed by atoms with Gasteiger partial charge in [0.05, 0.1) is 33.9 Å². The molecule has 5 nitrogen and oxygen atoms in total. The summed E-state index contributed by atoms with van der Waals surface area (Å²) in [6.07, 6.45) is 6.92. The SMILES string of the molecule is COc1cc(-c2cncc(-c3ccoc3)c2)cc(OC)c1OC. The van der Waals surface area contributed by atoms with Crippen LogP contribution in [0.4, 0.5) is 0 Å². The minimum Gasteiger partial charge on any atom is -0.493 e. The van der Waals surface area contributed by atoms with Crippen LogP contribution in [0.15, 0.2) is 53.6 Å². The Morgan fingerprint density at radius 2 is 1.43 bits per heavy atom. The van der Waals surface area contributed by atoms with Crippen LogP contribution in [-0.2, 0) is 0 Å². The molecular weight excluding hydrogens is 294 g/mol. The Bertz CT molecular complexity index is 772. The van der Waals surface area contributed by atoms with Gasteiger partial charge in [0, 0.05) is 29.1 Å². The van der Waals surface area contributed by atoms with E-state index in [1.807, 2.05) is 24.3 Å². The maximum atomic E-state index is 5.40. The highest BCUT2D eigenvalue weighted by atomic mass is 16.5. The van der Waals surface area contributed by atoms with E-state index in [2.05, 4.69) is 4.98 Å². The van der Waals surface area contributed by atoms with E-state index in [0.29, 0.717) is 17.2 Å². The van der Waals surface area contributed by atoms with E-state index < -0.39 is 0 Å². The number of rotatable bonds is 5. The lowest BCUT2D eigenvalue weighted by atomic mass is 10.0. The molecule has 1 aromatic carbocycles. The van der Waals surface area contributed by atoms with E-state index in [-0.39, 0.29) is 0 Å². The quantitative estimate of drug-likeness (QED) is 0.712. The predicted molar refractivity (Wildman–Crippen MR) is 87.0 cm³/mol. The summed E-state index contributed by atoms with van der Waals surface area (Å²) in [6.45, 7) is 0. The van der Waals surface area contributed by atoms with Gasteiger partial charge in [-0.25, -0.2) is 0 Å². The van der Waals surface area contributed by atoms with Crippen molar-refractivity contribution in [1.29, 1.82) is 0 Å². The van der Waals surface area contributed by atoms with Gasteiger partial charge in [-0.2, -0.15) is 0 Å². The smallest absolute Gasteiger partial charge is 0.203 e. The molecule has 3 rings (SSSR count). The molecule has 0 aliphatic carbocycles. The second-order valence-corrected chi connectivity index (χ2v) is 4.89. The van der Waals surface area contributed by atoms with Crippen LogP contribution in [0.3, 0.4) is 0 Å². The lowest BCUT2D eigenvalue weighted by molar-refractivity contribution is 0.324. The van der Waals surface area contributed by atoms with Crippen LogP contribution >= 0.6 is 0 Å². The Morgan fingerprint density at radius 1 is 0.783 bits per heavy atom. The number of pyridine rings is 1. The molecule has 3 aromatic rings. The molecule has 0 aliphatic heterocycles. The summed E-state index contributed by atoms with van der Waals surface area (Å²) in [5.74, 6) is 1.78. The van der Waals surface area contributed by atoms with Crippen LogP contribution in [0.25, 0.3) is 22.3 Å². The van der Waals surface area contributed by atoms with Crippen LogP contribution in [0.1, 0.15) is 0 Å². The fourth-order valence-corrected chi connectivity index (χ4v) is 2.43. The minimum absolute atomic E-state index is 0.567. The largest absolute Gasteiger partial charge is 0.493 e. The van der Waals surface area contributed by atoms with Crippen molar-refractivity contribution in [3.63, 3.8) is 0 Å². The third kappa shape index (κ3) is 2.85. The third-order valence-electron chi connectivity index (χ3n) is 3.59. The Kier molecular flexibility index (Phi) is 4.19. The minimum atomic E-state index is 0.567. The molecule has 2 aromatic heterocycles. The van der Waals surface area contributed by atoms with Crippen molar-refractivity contribution < 1.29 is 18.6 Å². The Balaban J connectivity index is 2.10. The molecule has 0 aliphatic rings. The molecule has 0 unspecified atom stereocenters. The first kappa shape index (κ1) is 15.0. The summed E-state index contributed by atoms with van der Waals surface area (Å²) in [5, 5.41) is 0. The standard InChI is InChI=1S/C18H17NO4/c1-20-16-7-13(8-17(21-2)18(16)22-3)15-6-14(9-19-10-15)12-4-5-23-11-12/h4-11H,1-3H3. The lowest BCUT2D eigenvalue weighted by Crippen LogP contribution is -1.96. The normalized spacial score (nSPS) is 10.4. The van der Waals surface area contributed by atoms with Crippen molar-refractivity contribution in [3.8, 4) is 39.5 Å². The number of furan rings is 1. The highest BCUT2D eigenvalue weighted by Gasteiger charge is 2.14. The van der Waals surface area contributed by atoms with Crippen LogP contribution in [0.2, 0.25) is 0 Å². The fraction of sp³-hybridized carbons (Fsp3) is 0.167. The zero-order valence-corrected chi connectivity index (χ0v) is 13.2. The van der Waals surface area contributed by atoms with Gasteiger partial charge >= 0.3 is 0 Å². The van der Waals surface area contributed by atoms with Crippen LogP contribution in [-0.4, -0.2) is 26.3 Å². The van der Waals surface area contributed by atoms with E-state index in [1.54, 1.807) is 46.2 Å². The number of aromatic nitrogens is 1. The Hall–Kier alpha value is -2.95. The maximum Gasteiger partial charge on any atom is 0.203 e. The van der Waals surface area contributed by atoms with E-state index in [4.69, 9.17) is 18.6 Å². The van der Waals surface area contributed by atoms with E-state index in [1.165, 1.54) is 0 Å². The van der Waals surface area contributed by atoms with E-state index >= 15 is 0 Å². The van der Waals surface area contributed by atoms with E-state index in [9.17, 15) is 0 Å². The summed E-state index contributed by atoms with van der Waals surface area (Å²) >= 11 is 0. The average molecular weight is 311 g/mol. The molecule has 2 heterocycles. The maximum absolute atomic E-state index is 5.40. The first-order valence-corrected chi connectivity index (χ1v) is 7.05. The second-order valence-electron chi connectivity index (χ2n) is 4.89. The number of benzene rings is 1. The van der Waals surface area contributed by atoms with Crippen molar-refractivity contribution in [3.05, 3.63) is 49.2 Å². The molecule has 0 saturated heterocycles. The summed E-state index contributed by atoms with van der Waals surface area (Å²) in [6, 6.07) is 7.74. The van der Waals surface area contributed by atoms with Gasteiger partial charge in [0.1, 0.15) is 0 Å². The molecular formula is C18H17NO4. The molecule has 0 amide bonds. The first-order chi connectivity index (χ1) is 11.3. The Labute approximate surface area is 134 Å². The van der Waals surface area contributed by atoms with Gasteiger partial charge in [-0.1, -0.05) is 0 Å². The van der Waals surface area contributed by atoms with Crippen molar-refractivity contribution in [2.24, 2.45) is 0 Å². The molecule has 0 saturated carbocycles. The van der Waals surface area contributed by atoms with Crippen LogP contribution < -0.4 is 14.2 Å². The Morgan fingerprint density at radius 3 is 1.96 bits per heavy atom. The van der Waals surface area contributed by atoms with Gasteiger partial charge in [0.2, 0.25) is 5.75 Å². The molecule has 0 fully saturated rings. The highest BCUT2D eigenvalue weighted by Crippen LogP contribution is 2.41. The fourth-order valence-electron chi connectivity index (χ4n) is 2.43. The van der Waals surface area contributed by atoms with Gasteiger partial charge in [0.25, 0.3) is 0 Å². The topological polar surface area (TPSA) is 53.7 Å². The zero-order chi connectivity index (χ0) is 16.2. The van der Waals surface area contributed by atoms with Gasteiger partial charge in [-0.05, 0) is 29.8 Å². The summed E-state index contributed by atoms with van der Waals surface area (Å²) < 4.78 is 21.3. The molecule has 23 heavy (non-hydrogen) atoms. The molecule has 0 N–H and O–H groups in total. The average Bonchev–Trinajstić information content (AvgIpc) is 3.15. The number of ether oxygens (including phenoxy) is 3. The molecule has 0 radical (unpaired) electrons. The van der Waals surface area contributed by atoms with Gasteiger partial charge in [0.15, 0.2) is 11.5 Å². The number of nitrogens with zero attached hydrogens (tertiary/aromatic N) is 1. The van der Waals surface area contributed by atoms with Crippen molar-refractivity contribution in [2.75, 3.05) is 21.3 Å².